The van der Waals surface area contributed by atoms with Crippen LogP contribution in [0, 0.1) is 6.92 Å². The number of para-hydroxylation sites is 1. The van der Waals surface area contributed by atoms with E-state index in [0.717, 1.165) is 31.7 Å². The number of benzene rings is 2. The lowest BCUT2D eigenvalue weighted by molar-refractivity contribution is -0.139. The van der Waals surface area contributed by atoms with Gasteiger partial charge in [-0.25, -0.2) is 9.59 Å². The molecule has 2 heterocycles. The van der Waals surface area contributed by atoms with Gasteiger partial charge in [-0.15, -0.1) is 0 Å². The van der Waals surface area contributed by atoms with Gasteiger partial charge in [0.25, 0.3) is 0 Å². The Morgan fingerprint density at radius 3 is 2.58 bits per heavy atom. The van der Waals surface area contributed by atoms with Gasteiger partial charge in [0.05, 0.1) is 18.2 Å². The Bertz CT molecular complexity index is 1060. The van der Waals surface area contributed by atoms with E-state index in [2.05, 4.69) is 51.6 Å². The third-order valence-electron chi connectivity index (χ3n) is 6.04. The van der Waals surface area contributed by atoms with Gasteiger partial charge < -0.3 is 20.3 Å². The molecule has 0 bridgehead atoms. The number of piperazine rings is 1. The molecule has 174 valence electrons. The highest BCUT2D eigenvalue weighted by molar-refractivity contribution is 6.30. The molecule has 2 aliphatic rings. The maximum atomic E-state index is 13.0. The summed E-state index contributed by atoms with van der Waals surface area (Å²) in [5, 5.41) is 6.26. The molecular formula is C25H29ClN4O3. The van der Waals surface area contributed by atoms with E-state index in [-0.39, 0.29) is 12.6 Å². The van der Waals surface area contributed by atoms with Gasteiger partial charge in [0, 0.05) is 49.1 Å². The second-order valence-corrected chi connectivity index (χ2v) is 8.69. The minimum atomic E-state index is -0.625. The zero-order valence-corrected chi connectivity index (χ0v) is 19.7. The second kappa shape index (κ2) is 10.3. The maximum Gasteiger partial charge on any atom is 0.338 e. The van der Waals surface area contributed by atoms with Crippen molar-refractivity contribution in [2.75, 3.05) is 44.2 Å². The lowest BCUT2D eigenvalue weighted by Gasteiger charge is -2.38. The van der Waals surface area contributed by atoms with Gasteiger partial charge in [0.15, 0.2) is 0 Å². The summed E-state index contributed by atoms with van der Waals surface area (Å²) < 4.78 is 5.36. The normalized spacial score (nSPS) is 19.2. The lowest BCUT2D eigenvalue weighted by Crippen LogP contribution is -2.52. The van der Waals surface area contributed by atoms with E-state index < -0.39 is 12.0 Å². The van der Waals surface area contributed by atoms with Gasteiger partial charge >= 0.3 is 12.0 Å². The summed E-state index contributed by atoms with van der Waals surface area (Å²) in [6, 6.07) is 14.6. The number of hydrogen-bond acceptors (Lipinski definition) is 5. The largest absolute Gasteiger partial charge is 0.463 e. The van der Waals surface area contributed by atoms with Crippen molar-refractivity contribution >= 4 is 29.3 Å². The Morgan fingerprint density at radius 1 is 1.12 bits per heavy atom. The van der Waals surface area contributed by atoms with Gasteiger partial charge in [-0.1, -0.05) is 41.9 Å². The van der Waals surface area contributed by atoms with Crippen LogP contribution in [0.25, 0.3) is 0 Å². The molecule has 0 aromatic heterocycles. The fourth-order valence-electron chi connectivity index (χ4n) is 4.42. The van der Waals surface area contributed by atoms with Crippen molar-refractivity contribution in [3.63, 3.8) is 0 Å². The van der Waals surface area contributed by atoms with Crippen molar-refractivity contribution in [3.8, 4) is 0 Å². The van der Waals surface area contributed by atoms with E-state index in [9.17, 15) is 9.59 Å². The zero-order chi connectivity index (χ0) is 23.4. The smallest absolute Gasteiger partial charge is 0.338 e. The first kappa shape index (κ1) is 23.1. The Kier molecular flexibility index (Phi) is 7.20. The summed E-state index contributed by atoms with van der Waals surface area (Å²) >= 11 is 6.18. The zero-order valence-electron chi connectivity index (χ0n) is 18.9. The highest BCUT2D eigenvalue weighted by atomic mass is 35.5. The Hall–Kier alpha value is -3.03. The molecule has 4 rings (SSSR count). The summed E-state index contributed by atoms with van der Waals surface area (Å²) in [6.07, 6.45) is 0. The number of carbonyl (C=O) groups excluding carboxylic acids is 2. The summed E-state index contributed by atoms with van der Waals surface area (Å²) in [7, 11) is 0. The molecule has 2 amide bonds. The van der Waals surface area contributed by atoms with Crippen LogP contribution in [0.4, 0.5) is 10.5 Å². The molecule has 33 heavy (non-hydrogen) atoms. The number of rotatable bonds is 6. The third kappa shape index (κ3) is 5.31. The number of carbonyl (C=O) groups is 2. The first-order valence-corrected chi connectivity index (χ1v) is 11.6. The molecule has 0 saturated carbocycles. The molecule has 8 heteroatoms. The second-order valence-electron chi connectivity index (χ2n) is 8.25. The average molecular weight is 469 g/mol. The van der Waals surface area contributed by atoms with Crippen LogP contribution >= 0.6 is 11.6 Å². The van der Waals surface area contributed by atoms with Crippen LogP contribution in [-0.4, -0.2) is 56.2 Å². The fraction of sp³-hybridized carbons (Fsp3) is 0.360. The molecule has 2 aromatic rings. The molecule has 0 aliphatic carbocycles. The van der Waals surface area contributed by atoms with Gasteiger partial charge in [-0.3, -0.25) is 4.90 Å². The number of nitrogens with one attached hydrogen (secondary N) is 2. The van der Waals surface area contributed by atoms with Crippen LogP contribution in [-0.2, 0) is 9.53 Å². The lowest BCUT2D eigenvalue weighted by atomic mass is 9.95. The van der Waals surface area contributed by atoms with Crippen LogP contribution in [0.2, 0.25) is 5.02 Å². The Morgan fingerprint density at radius 2 is 1.88 bits per heavy atom. The molecule has 0 radical (unpaired) electrons. The molecule has 1 fully saturated rings. The number of nitrogens with zero attached hydrogens (tertiary/aromatic N) is 2. The fourth-order valence-corrected chi connectivity index (χ4v) is 4.62. The van der Waals surface area contributed by atoms with Crippen LogP contribution < -0.4 is 15.5 Å². The molecule has 2 N–H and O–H groups in total. The average Bonchev–Trinajstić information content (AvgIpc) is 2.80. The molecule has 2 aromatic carbocycles. The van der Waals surface area contributed by atoms with E-state index in [1.165, 1.54) is 11.3 Å². The van der Waals surface area contributed by atoms with Crippen LogP contribution in [0.15, 0.2) is 59.8 Å². The molecule has 1 saturated heterocycles. The first-order valence-electron chi connectivity index (χ1n) is 11.2. The third-order valence-corrected chi connectivity index (χ3v) is 6.28. The topological polar surface area (TPSA) is 73.9 Å². The molecular weight excluding hydrogens is 440 g/mol. The van der Waals surface area contributed by atoms with E-state index in [4.69, 9.17) is 16.3 Å². The van der Waals surface area contributed by atoms with E-state index in [1.54, 1.807) is 25.1 Å². The summed E-state index contributed by atoms with van der Waals surface area (Å²) in [5.41, 5.74) is 4.24. The van der Waals surface area contributed by atoms with Crippen molar-refractivity contribution in [2.24, 2.45) is 0 Å². The number of aryl methyl sites for hydroxylation is 1. The van der Waals surface area contributed by atoms with Crippen molar-refractivity contribution < 1.29 is 14.3 Å². The maximum absolute atomic E-state index is 13.0. The predicted molar refractivity (Wildman–Crippen MR) is 129 cm³/mol. The SMILES string of the molecule is CCOC(=O)C1=C(CN2CCN(c3ccccc3C)CC2)NC(=O)N[C@H]1c1cccc(Cl)c1. The van der Waals surface area contributed by atoms with Crippen molar-refractivity contribution in [3.05, 3.63) is 76.0 Å². The summed E-state index contributed by atoms with van der Waals surface area (Å²) in [6.45, 7) is 7.98. The van der Waals surface area contributed by atoms with Crippen molar-refractivity contribution in [1.82, 2.24) is 15.5 Å². The standard InChI is InChI=1S/C25H29ClN4O3/c1-3-33-24(31)22-20(27-25(32)28-23(22)18-8-6-9-19(26)15-18)16-29-11-13-30(14-12-29)21-10-5-4-7-17(21)2/h4-10,15,23H,3,11-14,16H2,1-2H3,(H2,27,28,32)/t23-/m0/s1. The quantitative estimate of drug-likeness (QED) is 0.633. The molecule has 1 atom stereocenters. The summed E-state index contributed by atoms with van der Waals surface area (Å²) in [5.74, 6) is -0.441. The number of amides is 2. The van der Waals surface area contributed by atoms with Gasteiger partial charge in [-0.2, -0.15) is 0 Å². The minimum absolute atomic E-state index is 0.251. The van der Waals surface area contributed by atoms with E-state index in [1.807, 2.05) is 6.07 Å². The minimum Gasteiger partial charge on any atom is -0.463 e. The first-order chi connectivity index (χ1) is 16.0. The van der Waals surface area contributed by atoms with Gasteiger partial charge in [0.1, 0.15) is 0 Å². The molecule has 0 spiro atoms. The molecule has 7 nitrogen and oxygen atoms in total. The Labute approximate surface area is 199 Å². The molecule has 2 aliphatic heterocycles. The number of halogens is 1. The number of esters is 1. The number of hydrogen-bond donors (Lipinski definition) is 2. The van der Waals surface area contributed by atoms with Crippen molar-refractivity contribution in [2.45, 2.75) is 19.9 Å². The van der Waals surface area contributed by atoms with Crippen molar-refractivity contribution in [1.29, 1.82) is 0 Å². The monoisotopic (exact) mass is 468 g/mol. The van der Waals surface area contributed by atoms with Gasteiger partial charge in [-0.05, 0) is 43.2 Å². The van der Waals surface area contributed by atoms with E-state index >= 15 is 0 Å². The van der Waals surface area contributed by atoms with Crippen LogP contribution in [0.1, 0.15) is 24.1 Å². The van der Waals surface area contributed by atoms with Crippen LogP contribution in [0.3, 0.4) is 0 Å². The molecule has 0 unspecified atom stereocenters. The predicted octanol–water partition coefficient (Wildman–Crippen LogP) is 3.64. The highest BCUT2D eigenvalue weighted by Crippen LogP contribution is 2.30. The Balaban J connectivity index is 1.57. The highest BCUT2D eigenvalue weighted by Gasteiger charge is 2.34. The summed E-state index contributed by atoms with van der Waals surface area (Å²) in [4.78, 5) is 30.1. The number of anilines is 1. The van der Waals surface area contributed by atoms with Crippen LogP contribution in [0.5, 0.6) is 0 Å². The van der Waals surface area contributed by atoms with E-state index in [0.29, 0.717) is 22.8 Å². The number of urea groups is 1. The van der Waals surface area contributed by atoms with Gasteiger partial charge in [0.2, 0.25) is 0 Å². The number of ether oxygens (including phenoxy) is 1.